The van der Waals surface area contributed by atoms with Gasteiger partial charge in [-0.3, -0.25) is 9.69 Å². The fourth-order valence-electron chi connectivity index (χ4n) is 3.60. The van der Waals surface area contributed by atoms with Crippen molar-refractivity contribution in [2.45, 2.75) is 18.6 Å². The fraction of sp³-hybridized carbons (Fsp3) is 0.261. The molecule has 0 saturated heterocycles. The molecule has 0 aliphatic carbocycles. The molecule has 0 aromatic heterocycles. The van der Waals surface area contributed by atoms with Gasteiger partial charge in [0.1, 0.15) is 11.6 Å². The van der Waals surface area contributed by atoms with Crippen LogP contribution in [0.4, 0.5) is 33.7 Å². The molecule has 0 radical (unpaired) electrons. The Morgan fingerprint density at radius 2 is 1.83 bits per heavy atom. The van der Waals surface area contributed by atoms with Crippen LogP contribution in [0.3, 0.4) is 0 Å². The minimum Gasteiger partial charge on any atom is -0.495 e. The summed E-state index contributed by atoms with van der Waals surface area (Å²) in [6, 6.07) is 2.68. The van der Waals surface area contributed by atoms with Gasteiger partial charge in [0.2, 0.25) is 0 Å². The van der Waals surface area contributed by atoms with Crippen molar-refractivity contribution in [2.75, 3.05) is 31.5 Å². The second kappa shape index (κ2) is 10.0. The number of amides is 2. The number of hydrogen-bond donors (Lipinski definition) is 1. The number of carbonyl (C=O) groups excluding carboxylic acids is 3. The van der Waals surface area contributed by atoms with Crippen molar-refractivity contribution in [1.29, 1.82) is 0 Å². The van der Waals surface area contributed by atoms with Crippen molar-refractivity contribution >= 4 is 35.4 Å². The first-order chi connectivity index (χ1) is 16.5. The normalized spacial score (nSPS) is 15.5. The first-order valence-corrected chi connectivity index (χ1v) is 10.0. The van der Waals surface area contributed by atoms with Gasteiger partial charge in [-0.05, 0) is 42.0 Å². The van der Waals surface area contributed by atoms with E-state index in [0.29, 0.717) is 6.07 Å². The van der Waals surface area contributed by atoms with Crippen LogP contribution < -0.4 is 15.0 Å². The van der Waals surface area contributed by atoms with E-state index in [-0.39, 0.29) is 28.3 Å². The van der Waals surface area contributed by atoms with Crippen LogP contribution in [-0.4, -0.2) is 39.3 Å². The molecule has 2 amide bonds. The molecule has 0 saturated carbocycles. The van der Waals surface area contributed by atoms with Gasteiger partial charge in [0.25, 0.3) is 0 Å². The summed E-state index contributed by atoms with van der Waals surface area (Å²) in [6.45, 7) is 0. The molecule has 1 aliphatic rings. The van der Waals surface area contributed by atoms with Gasteiger partial charge in [-0.25, -0.2) is 14.0 Å². The van der Waals surface area contributed by atoms with E-state index in [4.69, 9.17) is 9.47 Å². The highest BCUT2D eigenvalue weighted by molar-refractivity contribution is 6.07. The van der Waals surface area contributed by atoms with Gasteiger partial charge in [0.15, 0.2) is 0 Å². The van der Waals surface area contributed by atoms with Crippen LogP contribution in [0.1, 0.15) is 29.2 Å². The Kier molecular flexibility index (Phi) is 7.32. The number of esters is 2. The molecule has 0 bridgehead atoms. The molecular weight excluding hydrogens is 476 g/mol. The van der Waals surface area contributed by atoms with E-state index >= 15 is 0 Å². The lowest BCUT2D eigenvalue weighted by Gasteiger charge is -2.38. The number of methoxy groups -OCH3 is 3. The van der Waals surface area contributed by atoms with E-state index in [2.05, 4.69) is 10.1 Å². The van der Waals surface area contributed by atoms with E-state index in [1.807, 2.05) is 0 Å². The number of halogens is 4. The maximum atomic E-state index is 14.9. The number of benzene rings is 2. The van der Waals surface area contributed by atoms with Gasteiger partial charge in [-0.15, -0.1) is 0 Å². The Hall–Kier alpha value is -4.09. The van der Waals surface area contributed by atoms with E-state index in [0.717, 1.165) is 43.4 Å². The number of nitrogens with one attached hydrogen (secondary N) is 1. The lowest BCUT2D eigenvalue weighted by Crippen LogP contribution is -2.44. The van der Waals surface area contributed by atoms with Crippen molar-refractivity contribution < 1.29 is 46.2 Å². The molecule has 0 spiro atoms. The molecule has 35 heavy (non-hydrogen) atoms. The third-order valence-corrected chi connectivity index (χ3v) is 5.23. The van der Waals surface area contributed by atoms with Gasteiger partial charge in [0, 0.05) is 11.6 Å². The number of rotatable bonds is 6. The summed E-state index contributed by atoms with van der Waals surface area (Å²) in [7, 11) is 3.45. The number of carbonyl (C=O) groups is 3. The second-order valence-corrected chi connectivity index (χ2v) is 7.30. The lowest BCUT2D eigenvalue weighted by molar-refractivity contribution is -0.141. The number of alkyl halides is 3. The summed E-state index contributed by atoms with van der Waals surface area (Å²) in [5.74, 6) is -2.49. The van der Waals surface area contributed by atoms with Crippen LogP contribution in [0.25, 0.3) is 6.08 Å². The zero-order valence-electron chi connectivity index (χ0n) is 18.7. The SMILES string of the molecule is COC(=O)/C=C/c1cc(F)c2c(c1)C(CC(=O)OC)N(c1cc(C(F)(F)F)ccc1OC)C(=O)N2. The van der Waals surface area contributed by atoms with Crippen molar-refractivity contribution in [3.8, 4) is 5.75 Å². The van der Waals surface area contributed by atoms with E-state index in [1.165, 1.54) is 19.3 Å². The second-order valence-electron chi connectivity index (χ2n) is 7.30. The first kappa shape index (κ1) is 25.5. The summed E-state index contributed by atoms with van der Waals surface area (Å²) in [4.78, 5) is 37.6. The van der Waals surface area contributed by atoms with Crippen molar-refractivity contribution in [3.63, 3.8) is 0 Å². The number of urea groups is 1. The average molecular weight is 496 g/mol. The summed E-state index contributed by atoms with van der Waals surface area (Å²) in [6.07, 6.45) is -2.97. The molecule has 1 unspecified atom stereocenters. The Balaban J connectivity index is 2.23. The van der Waals surface area contributed by atoms with Crippen molar-refractivity contribution in [1.82, 2.24) is 0 Å². The molecule has 3 rings (SSSR count). The molecular formula is C23H20F4N2O6. The van der Waals surface area contributed by atoms with Crippen molar-refractivity contribution in [2.24, 2.45) is 0 Å². The Morgan fingerprint density at radius 3 is 2.43 bits per heavy atom. The molecule has 1 atom stereocenters. The molecule has 186 valence electrons. The van der Waals surface area contributed by atoms with Gasteiger partial charge < -0.3 is 19.5 Å². The quantitative estimate of drug-likeness (QED) is 0.354. The largest absolute Gasteiger partial charge is 0.495 e. The van der Waals surface area contributed by atoms with Gasteiger partial charge in [0.05, 0.1) is 50.7 Å². The summed E-state index contributed by atoms with van der Waals surface area (Å²) in [5.41, 5.74) is -1.38. The number of ether oxygens (including phenoxy) is 3. The number of hydrogen-bond acceptors (Lipinski definition) is 6. The molecule has 1 aliphatic heterocycles. The summed E-state index contributed by atoms with van der Waals surface area (Å²) < 4.78 is 69.6. The molecule has 2 aromatic rings. The van der Waals surface area contributed by atoms with Crippen LogP contribution in [0.15, 0.2) is 36.4 Å². The third kappa shape index (κ3) is 5.36. The molecule has 1 heterocycles. The van der Waals surface area contributed by atoms with Crippen LogP contribution in [0.2, 0.25) is 0 Å². The van der Waals surface area contributed by atoms with Crippen LogP contribution >= 0.6 is 0 Å². The van der Waals surface area contributed by atoms with E-state index < -0.39 is 48.0 Å². The molecule has 1 N–H and O–H groups in total. The Morgan fingerprint density at radius 1 is 1.11 bits per heavy atom. The topological polar surface area (TPSA) is 94.2 Å². The van der Waals surface area contributed by atoms with Gasteiger partial charge in [-0.1, -0.05) is 0 Å². The highest BCUT2D eigenvalue weighted by atomic mass is 19.4. The Bertz CT molecular complexity index is 1200. The highest BCUT2D eigenvalue weighted by Gasteiger charge is 2.40. The first-order valence-electron chi connectivity index (χ1n) is 10.0. The minimum atomic E-state index is -4.74. The predicted octanol–water partition coefficient (Wildman–Crippen LogP) is 4.70. The van der Waals surface area contributed by atoms with Gasteiger partial charge >= 0.3 is 24.1 Å². The van der Waals surface area contributed by atoms with E-state index in [9.17, 15) is 31.9 Å². The van der Waals surface area contributed by atoms with Crippen molar-refractivity contribution in [3.05, 3.63) is 58.9 Å². The lowest BCUT2D eigenvalue weighted by atomic mass is 9.94. The molecule has 2 aromatic carbocycles. The van der Waals surface area contributed by atoms with Gasteiger partial charge in [-0.2, -0.15) is 13.2 Å². The third-order valence-electron chi connectivity index (χ3n) is 5.23. The highest BCUT2D eigenvalue weighted by Crippen LogP contribution is 2.45. The smallest absolute Gasteiger partial charge is 0.416 e. The number of nitrogens with zero attached hydrogens (tertiary/aromatic N) is 1. The molecule has 0 fully saturated rings. The zero-order chi connectivity index (χ0) is 25.9. The number of fused-ring (bicyclic) bond motifs is 1. The van der Waals surface area contributed by atoms with Crippen LogP contribution in [0, 0.1) is 5.82 Å². The predicted molar refractivity (Wildman–Crippen MR) is 116 cm³/mol. The summed E-state index contributed by atoms with van der Waals surface area (Å²) >= 11 is 0. The van der Waals surface area contributed by atoms with E-state index in [1.54, 1.807) is 0 Å². The number of anilines is 2. The molecule has 8 nitrogen and oxygen atoms in total. The summed E-state index contributed by atoms with van der Waals surface area (Å²) in [5, 5.41) is 2.32. The van der Waals surface area contributed by atoms with Crippen LogP contribution in [-0.2, 0) is 25.2 Å². The fourth-order valence-corrected chi connectivity index (χ4v) is 3.60. The standard InChI is InChI=1S/C23H20F4N2O6/c1-33-18-6-5-13(23(25,26)27)10-17(18)29-16(11-20(31)35-3)14-8-12(4-7-19(30)34-2)9-15(24)21(14)28-22(29)32/h4-10,16H,11H2,1-3H3,(H,28,32)/b7-4+. The zero-order valence-corrected chi connectivity index (χ0v) is 18.7. The maximum Gasteiger partial charge on any atom is 0.416 e. The van der Waals surface area contributed by atoms with Crippen LogP contribution in [0.5, 0.6) is 5.75 Å². The minimum absolute atomic E-state index is 0.0685. The average Bonchev–Trinajstić information content (AvgIpc) is 2.82. The monoisotopic (exact) mass is 496 g/mol. The maximum absolute atomic E-state index is 14.9. The molecule has 12 heteroatoms. The Labute approximate surface area is 197 Å².